The van der Waals surface area contributed by atoms with Crippen LogP contribution in [0.3, 0.4) is 0 Å². The van der Waals surface area contributed by atoms with Gasteiger partial charge in [0.1, 0.15) is 0 Å². The van der Waals surface area contributed by atoms with Crippen LogP contribution < -0.4 is 5.32 Å². The topological polar surface area (TPSA) is 24.9 Å². The Morgan fingerprint density at radius 3 is 2.36 bits per heavy atom. The van der Waals surface area contributed by atoms with Gasteiger partial charge in [-0.05, 0) is 35.7 Å². The van der Waals surface area contributed by atoms with Crippen molar-refractivity contribution in [2.75, 3.05) is 5.32 Å². The van der Waals surface area contributed by atoms with E-state index >= 15 is 0 Å². The summed E-state index contributed by atoms with van der Waals surface area (Å²) in [5, 5.41) is 4.88. The van der Waals surface area contributed by atoms with E-state index in [1.165, 1.54) is 16.7 Å². The van der Waals surface area contributed by atoms with Crippen molar-refractivity contribution >= 4 is 16.6 Å². The summed E-state index contributed by atoms with van der Waals surface area (Å²) in [6.45, 7) is 2.16. The summed E-state index contributed by atoms with van der Waals surface area (Å²) in [5.74, 6) is 0. The molecule has 0 amide bonds. The molecule has 3 aromatic carbocycles. The predicted molar refractivity (Wildman–Crippen MR) is 105 cm³/mol. The number of aromatic nitrogens is 1. The van der Waals surface area contributed by atoms with Gasteiger partial charge >= 0.3 is 0 Å². The minimum Gasteiger partial charge on any atom is -0.372 e. The van der Waals surface area contributed by atoms with Gasteiger partial charge in [-0.2, -0.15) is 0 Å². The summed E-state index contributed by atoms with van der Waals surface area (Å²) < 4.78 is 0. The van der Waals surface area contributed by atoms with Crippen LogP contribution in [0.15, 0.2) is 91.1 Å². The Bertz CT molecular complexity index is 988. The maximum atomic E-state index is 4.58. The average Bonchev–Trinajstić information content (AvgIpc) is 2.68. The van der Waals surface area contributed by atoms with E-state index in [1.54, 1.807) is 0 Å². The lowest BCUT2D eigenvalue weighted by Gasteiger charge is -2.23. The van der Waals surface area contributed by atoms with Crippen molar-refractivity contribution in [1.82, 2.24) is 4.98 Å². The zero-order chi connectivity index (χ0) is 17.1. The molecule has 1 atom stereocenters. The smallest absolute Gasteiger partial charge is 0.0933 e. The molecule has 4 aromatic rings. The third-order valence-corrected chi connectivity index (χ3v) is 4.56. The van der Waals surface area contributed by atoms with Gasteiger partial charge in [0.2, 0.25) is 0 Å². The number of nitrogens with zero attached hydrogens (tertiary/aromatic N) is 1. The Hall–Kier alpha value is -3.13. The van der Waals surface area contributed by atoms with Crippen LogP contribution in [-0.4, -0.2) is 4.98 Å². The molecule has 1 heterocycles. The summed E-state index contributed by atoms with van der Waals surface area (Å²) in [6.07, 6.45) is 1.85. The van der Waals surface area contributed by atoms with Crippen molar-refractivity contribution in [3.05, 3.63) is 108 Å². The highest BCUT2D eigenvalue weighted by atomic mass is 14.9. The Labute approximate surface area is 148 Å². The highest BCUT2D eigenvalue weighted by Crippen LogP contribution is 2.31. The third-order valence-electron chi connectivity index (χ3n) is 4.56. The second-order valence-corrected chi connectivity index (χ2v) is 6.23. The van der Waals surface area contributed by atoms with Gasteiger partial charge < -0.3 is 5.32 Å². The van der Waals surface area contributed by atoms with Gasteiger partial charge in [0.25, 0.3) is 0 Å². The van der Waals surface area contributed by atoms with Crippen molar-refractivity contribution in [2.45, 2.75) is 13.0 Å². The largest absolute Gasteiger partial charge is 0.372 e. The lowest BCUT2D eigenvalue weighted by atomic mass is 9.94. The number of fused-ring (bicyclic) bond motifs is 1. The molecule has 0 aliphatic rings. The van der Waals surface area contributed by atoms with Gasteiger partial charge in [0.05, 0.1) is 17.2 Å². The van der Waals surface area contributed by atoms with Crippen LogP contribution in [0.2, 0.25) is 0 Å². The SMILES string of the molecule is Cc1ccccc1C(Nc1cccc2cccnc12)c1ccccc1. The number of rotatable bonds is 4. The molecular formula is C23H20N2. The molecule has 2 nitrogen and oxygen atoms in total. The van der Waals surface area contributed by atoms with Gasteiger partial charge in [0, 0.05) is 11.6 Å². The van der Waals surface area contributed by atoms with Gasteiger partial charge in [-0.25, -0.2) is 0 Å². The molecule has 0 aliphatic carbocycles. The second kappa shape index (κ2) is 6.78. The van der Waals surface area contributed by atoms with E-state index in [-0.39, 0.29) is 6.04 Å². The number of hydrogen-bond donors (Lipinski definition) is 1. The van der Waals surface area contributed by atoms with Gasteiger partial charge in [0.15, 0.2) is 0 Å². The number of hydrogen-bond acceptors (Lipinski definition) is 2. The first-order chi connectivity index (χ1) is 12.3. The van der Waals surface area contributed by atoms with Crippen LogP contribution in [0.5, 0.6) is 0 Å². The van der Waals surface area contributed by atoms with Crippen molar-refractivity contribution in [2.24, 2.45) is 0 Å². The maximum absolute atomic E-state index is 4.58. The normalized spacial score (nSPS) is 12.0. The molecule has 122 valence electrons. The molecule has 1 unspecified atom stereocenters. The minimum atomic E-state index is 0.0787. The molecule has 0 aliphatic heterocycles. The fourth-order valence-electron chi connectivity index (χ4n) is 3.27. The lowest BCUT2D eigenvalue weighted by Crippen LogP contribution is -2.14. The first-order valence-corrected chi connectivity index (χ1v) is 8.54. The second-order valence-electron chi connectivity index (χ2n) is 6.23. The molecule has 1 aromatic heterocycles. The summed E-state index contributed by atoms with van der Waals surface area (Å²) in [4.78, 5) is 4.58. The van der Waals surface area contributed by atoms with Crippen molar-refractivity contribution < 1.29 is 0 Å². The van der Waals surface area contributed by atoms with Crippen molar-refractivity contribution in [3.63, 3.8) is 0 Å². The molecule has 0 radical (unpaired) electrons. The molecule has 4 rings (SSSR count). The number of aryl methyl sites for hydroxylation is 1. The van der Waals surface area contributed by atoms with Crippen LogP contribution in [0.1, 0.15) is 22.7 Å². The summed E-state index contributed by atoms with van der Waals surface area (Å²) >= 11 is 0. The van der Waals surface area contributed by atoms with E-state index in [4.69, 9.17) is 0 Å². The first kappa shape index (κ1) is 15.4. The van der Waals surface area contributed by atoms with Crippen LogP contribution >= 0.6 is 0 Å². The molecule has 1 N–H and O–H groups in total. The zero-order valence-electron chi connectivity index (χ0n) is 14.2. The summed E-state index contributed by atoms with van der Waals surface area (Å²) in [5.41, 5.74) is 5.85. The lowest BCUT2D eigenvalue weighted by molar-refractivity contribution is 0.928. The predicted octanol–water partition coefficient (Wildman–Crippen LogP) is 5.74. The third kappa shape index (κ3) is 3.11. The zero-order valence-corrected chi connectivity index (χ0v) is 14.2. The van der Waals surface area contributed by atoms with Gasteiger partial charge in [-0.1, -0.05) is 72.8 Å². The number of anilines is 1. The van der Waals surface area contributed by atoms with Crippen molar-refractivity contribution in [1.29, 1.82) is 0 Å². The summed E-state index contributed by atoms with van der Waals surface area (Å²) in [7, 11) is 0. The Balaban J connectivity index is 1.83. The molecule has 0 saturated heterocycles. The minimum absolute atomic E-state index is 0.0787. The highest BCUT2D eigenvalue weighted by Gasteiger charge is 2.17. The standard InChI is InChI=1S/C23H20N2/c1-17-9-5-6-14-20(17)22(18-10-3-2-4-11-18)25-21-15-7-12-19-13-8-16-24-23(19)21/h2-16,22,25H,1H3. The first-order valence-electron chi connectivity index (χ1n) is 8.54. The van der Waals surface area contributed by atoms with Gasteiger partial charge in [-0.3, -0.25) is 4.98 Å². The van der Waals surface area contributed by atoms with E-state index in [2.05, 4.69) is 96.1 Å². The van der Waals surface area contributed by atoms with Crippen LogP contribution in [0, 0.1) is 6.92 Å². The fraction of sp³-hybridized carbons (Fsp3) is 0.0870. The number of nitrogens with one attached hydrogen (secondary N) is 1. The van der Waals surface area contributed by atoms with Crippen LogP contribution in [0.4, 0.5) is 5.69 Å². The van der Waals surface area contributed by atoms with Crippen LogP contribution in [-0.2, 0) is 0 Å². The number of pyridine rings is 1. The molecule has 0 bridgehead atoms. The number of benzene rings is 3. The molecule has 25 heavy (non-hydrogen) atoms. The van der Waals surface area contributed by atoms with E-state index in [0.717, 1.165) is 16.6 Å². The Morgan fingerprint density at radius 1 is 0.760 bits per heavy atom. The quantitative estimate of drug-likeness (QED) is 0.517. The Morgan fingerprint density at radius 2 is 1.52 bits per heavy atom. The van der Waals surface area contributed by atoms with Crippen LogP contribution in [0.25, 0.3) is 10.9 Å². The molecule has 0 spiro atoms. The number of para-hydroxylation sites is 1. The van der Waals surface area contributed by atoms with E-state index in [9.17, 15) is 0 Å². The molecule has 0 saturated carbocycles. The molecule has 2 heteroatoms. The monoisotopic (exact) mass is 324 g/mol. The van der Waals surface area contributed by atoms with E-state index in [1.807, 2.05) is 12.3 Å². The molecular weight excluding hydrogens is 304 g/mol. The molecule has 0 fully saturated rings. The summed E-state index contributed by atoms with van der Waals surface area (Å²) in [6, 6.07) is 29.5. The fourth-order valence-corrected chi connectivity index (χ4v) is 3.27. The Kier molecular flexibility index (Phi) is 4.17. The van der Waals surface area contributed by atoms with E-state index < -0.39 is 0 Å². The average molecular weight is 324 g/mol. The highest BCUT2D eigenvalue weighted by molar-refractivity contribution is 5.90. The van der Waals surface area contributed by atoms with Crippen molar-refractivity contribution in [3.8, 4) is 0 Å². The van der Waals surface area contributed by atoms with E-state index in [0.29, 0.717) is 0 Å². The van der Waals surface area contributed by atoms with Gasteiger partial charge in [-0.15, -0.1) is 0 Å². The maximum Gasteiger partial charge on any atom is 0.0933 e.